The topological polar surface area (TPSA) is 68.0 Å². The molecule has 1 aliphatic rings. The smallest absolute Gasteiger partial charge is 0.290 e. The standard InChI is InChI=1S/C24H29N3O4/c1-18-21-16-20(29-2)4-5-22(21)31-23(18)24(28)27(17-19-6-8-25-9-7-19)11-3-10-26-12-14-30-15-13-26/h4-9,16H,3,10-15,17H2,1-2H3. The number of methoxy groups -OCH3 is 1. The van der Waals surface area contributed by atoms with Gasteiger partial charge in [-0.05, 0) is 49.2 Å². The highest BCUT2D eigenvalue weighted by Gasteiger charge is 2.24. The Bertz CT molecular complexity index is 1010. The van der Waals surface area contributed by atoms with Crippen molar-refractivity contribution in [2.24, 2.45) is 0 Å². The molecule has 1 aliphatic heterocycles. The van der Waals surface area contributed by atoms with E-state index in [0.29, 0.717) is 24.4 Å². The largest absolute Gasteiger partial charge is 0.497 e. The number of furan rings is 1. The maximum atomic E-state index is 13.5. The monoisotopic (exact) mass is 423 g/mol. The van der Waals surface area contributed by atoms with Gasteiger partial charge in [0.1, 0.15) is 11.3 Å². The van der Waals surface area contributed by atoms with Gasteiger partial charge in [-0.15, -0.1) is 0 Å². The predicted octanol–water partition coefficient (Wildman–Crippen LogP) is 3.51. The lowest BCUT2D eigenvalue weighted by atomic mass is 10.1. The first-order chi connectivity index (χ1) is 15.2. The van der Waals surface area contributed by atoms with Crippen LogP contribution in [0.15, 0.2) is 47.1 Å². The molecule has 2 aromatic heterocycles. The van der Waals surface area contributed by atoms with Gasteiger partial charge in [-0.2, -0.15) is 0 Å². The molecule has 164 valence electrons. The van der Waals surface area contributed by atoms with Crippen molar-refractivity contribution in [2.75, 3.05) is 46.5 Å². The number of carbonyl (C=O) groups excluding carboxylic acids is 1. The van der Waals surface area contributed by atoms with Gasteiger partial charge in [-0.3, -0.25) is 14.7 Å². The van der Waals surface area contributed by atoms with Crippen molar-refractivity contribution in [3.8, 4) is 5.75 Å². The normalized spacial score (nSPS) is 14.6. The second-order valence-corrected chi connectivity index (χ2v) is 7.81. The van der Waals surface area contributed by atoms with Gasteiger partial charge in [0, 0.05) is 56.1 Å². The number of pyridine rings is 1. The van der Waals surface area contributed by atoms with E-state index in [0.717, 1.165) is 61.5 Å². The van der Waals surface area contributed by atoms with E-state index in [9.17, 15) is 4.79 Å². The average molecular weight is 424 g/mol. The van der Waals surface area contributed by atoms with Crippen molar-refractivity contribution in [1.29, 1.82) is 0 Å². The molecule has 1 saturated heterocycles. The molecule has 3 aromatic rings. The Morgan fingerprint density at radius 3 is 2.71 bits per heavy atom. The van der Waals surface area contributed by atoms with Gasteiger partial charge in [-0.1, -0.05) is 0 Å². The summed E-state index contributed by atoms with van der Waals surface area (Å²) >= 11 is 0. The maximum Gasteiger partial charge on any atom is 0.290 e. The molecule has 7 nitrogen and oxygen atoms in total. The molecule has 0 spiro atoms. The number of hydrogen-bond donors (Lipinski definition) is 0. The highest BCUT2D eigenvalue weighted by atomic mass is 16.5. The summed E-state index contributed by atoms with van der Waals surface area (Å²) in [7, 11) is 1.63. The van der Waals surface area contributed by atoms with Crippen molar-refractivity contribution in [1.82, 2.24) is 14.8 Å². The van der Waals surface area contributed by atoms with Crippen LogP contribution in [-0.2, 0) is 11.3 Å². The van der Waals surface area contributed by atoms with Crippen LogP contribution in [0.1, 0.15) is 28.1 Å². The summed E-state index contributed by atoms with van der Waals surface area (Å²) in [6.45, 7) is 7.49. The minimum Gasteiger partial charge on any atom is -0.497 e. The predicted molar refractivity (Wildman–Crippen MR) is 118 cm³/mol. The minimum atomic E-state index is -0.0912. The van der Waals surface area contributed by atoms with E-state index in [-0.39, 0.29) is 5.91 Å². The molecule has 1 fully saturated rings. The molecule has 1 amide bonds. The fourth-order valence-corrected chi connectivity index (χ4v) is 3.95. The number of nitrogens with zero attached hydrogens (tertiary/aromatic N) is 3. The Morgan fingerprint density at radius 2 is 1.97 bits per heavy atom. The molecule has 3 heterocycles. The molecule has 0 saturated carbocycles. The lowest BCUT2D eigenvalue weighted by molar-refractivity contribution is 0.0354. The van der Waals surface area contributed by atoms with Gasteiger partial charge in [0.15, 0.2) is 5.76 Å². The lowest BCUT2D eigenvalue weighted by Gasteiger charge is -2.28. The zero-order valence-corrected chi connectivity index (χ0v) is 18.2. The van der Waals surface area contributed by atoms with Crippen LogP contribution in [0.3, 0.4) is 0 Å². The summed E-state index contributed by atoms with van der Waals surface area (Å²) in [4.78, 5) is 21.9. The highest BCUT2D eigenvalue weighted by Crippen LogP contribution is 2.30. The molecule has 0 radical (unpaired) electrons. The van der Waals surface area contributed by atoms with Crippen LogP contribution in [-0.4, -0.2) is 67.2 Å². The zero-order valence-electron chi connectivity index (χ0n) is 18.2. The molecule has 31 heavy (non-hydrogen) atoms. The molecular weight excluding hydrogens is 394 g/mol. The fraction of sp³-hybridized carbons (Fsp3) is 0.417. The molecule has 7 heteroatoms. The molecule has 0 atom stereocenters. The quantitative estimate of drug-likeness (QED) is 0.552. The van der Waals surface area contributed by atoms with Gasteiger partial charge in [0.05, 0.1) is 20.3 Å². The van der Waals surface area contributed by atoms with Gasteiger partial charge in [-0.25, -0.2) is 0 Å². The van der Waals surface area contributed by atoms with E-state index < -0.39 is 0 Å². The number of hydrogen-bond acceptors (Lipinski definition) is 6. The van der Waals surface area contributed by atoms with Gasteiger partial charge >= 0.3 is 0 Å². The van der Waals surface area contributed by atoms with Gasteiger partial charge in [0.25, 0.3) is 5.91 Å². The van der Waals surface area contributed by atoms with E-state index >= 15 is 0 Å². The summed E-state index contributed by atoms with van der Waals surface area (Å²) < 4.78 is 16.7. The molecule has 0 N–H and O–H groups in total. The summed E-state index contributed by atoms with van der Waals surface area (Å²) in [5.74, 6) is 1.05. The number of aryl methyl sites for hydroxylation is 1. The number of rotatable bonds is 8. The SMILES string of the molecule is COc1ccc2oc(C(=O)N(CCCN3CCOCC3)Cc3ccncc3)c(C)c2c1. The van der Waals surface area contributed by atoms with Gasteiger partial charge in [0.2, 0.25) is 0 Å². The Kier molecular flexibility index (Phi) is 6.84. The van der Waals surface area contributed by atoms with Crippen molar-refractivity contribution >= 4 is 16.9 Å². The molecule has 1 aromatic carbocycles. The van der Waals surface area contributed by atoms with E-state index in [2.05, 4.69) is 9.88 Å². The van der Waals surface area contributed by atoms with Crippen LogP contribution >= 0.6 is 0 Å². The molecule has 0 unspecified atom stereocenters. The number of amides is 1. The average Bonchev–Trinajstić information content (AvgIpc) is 3.15. The summed E-state index contributed by atoms with van der Waals surface area (Å²) in [5.41, 5.74) is 2.58. The van der Waals surface area contributed by atoms with Crippen molar-refractivity contribution in [3.05, 3.63) is 59.6 Å². The number of ether oxygens (including phenoxy) is 2. The van der Waals surface area contributed by atoms with Gasteiger partial charge < -0.3 is 18.8 Å². The van der Waals surface area contributed by atoms with Crippen LogP contribution < -0.4 is 4.74 Å². The summed E-state index contributed by atoms with van der Waals surface area (Å²) in [6, 6.07) is 9.49. The zero-order chi connectivity index (χ0) is 21.6. The fourth-order valence-electron chi connectivity index (χ4n) is 3.95. The molecular formula is C24H29N3O4. The summed E-state index contributed by atoms with van der Waals surface area (Å²) in [6.07, 6.45) is 4.40. The second kappa shape index (κ2) is 9.94. The first kappa shape index (κ1) is 21.3. The van der Waals surface area contributed by atoms with Crippen LogP contribution in [0.2, 0.25) is 0 Å². The van der Waals surface area contributed by atoms with E-state index in [1.54, 1.807) is 19.5 Å². The molecule has 0 bridgehead atoms. The van der Waals surface area contributed by atoms with E-state index in [1.165, 1.54) is 0 Å². The third kappa shape index (κ3) is 5.06. The highest BCUT2D eigenvalue weighted by molar-refractivity contribution is 5.99. The minimum absolute atomic E-state index is 0.0912. The Hall–Kier alpha value is -2.90. The Balaban J connectivity index is 1.53. The number of benzene rings is 1. The van der Waals surface area contributed by atoms with E-state index in [4.69, 9.17) is 13.9 Å². The number of aromatic nitrogens is 1. The van der Waals surface area contributed by atoms with Crippen LogP contribution in [0, 0.1) is 6.92 Å². The third-order valence-electron chi connectivity index (χ3n) is 5.75. The Morgan fingerprint density at radius 1 is 1.19 bits per heavy atom. The second-order valence-electron chi connectivity index (χ2n) is 7.81. The first-order valence-electron chi connectivity index (χ1n) is 10.7. The lowest BCUT2D eigenvalue weighted by Crippen LogP contribution is -2.39. The van der Waals surface area contributed by atoms with Crippen molar-refractivity contribution in [2.45, 2.75) is 19.9 Å². The summed E-state index contributed by atoms with van der Waals surface area (Å²) in [5, 5.41) is 0.903. The molecule has 4 rings (SSSR count). The Labute approximate surface area is 182 Å². The van der Waals surface area contributed by atoms with Crippen molar-refractivity contribution in [3.63, 3.8) is 0 Å². The maximum absolute atomic E-state index is 13.5. The number of carbonyl (C=O) groups is 1. The molecule has 0 aliphatic carbocycles. The van der Waals surface area contributed by atoms with Crippen molar-refractivity contribution < 1.29 is 18.7 Å². The van der Waals surface area contributed by atoms with E-state index in [1.807, 2.05) is 42.2 Å². The number of morpholine rings is 1. The van der Waals surface area contributed by atoms with Crippen LogP contribution in [0.4, 0.5) is 0 Å². The first-order valence-corrected chi connectivity index (χ1v) is 10.7. The third-order valence-corrected chi connectivity index (χ3v) is 5.75. The van der Waals surface area contributed by atoms with Crippen LogP contribution in [0.25, 0.3) is 11.0 Å². The number of fused-ring (bicyclic) bond motifs is 1. The van der Waals surface area contributed by atoms with Crippen LogP contribution in [0.5, 0.6) is 5.75 Å².